The molecule has 0 aliphatic heterocycles. The lowest BCUT2D eigenvalue weighted by Gasteiger charge is -2.10. The van der Waals surface area contributed by atoms with Gasteiger partial charge in [-0.2, -0.15) is 0 Å². The van der Waals surface area contributed by atoms with Crippen molar-refractivity contribution in [2.75, 3.05) is 7.11 Å². The number of H-pyrrole nitrogens is 1. The van der Waals surface area contributed by atoms with Crippen LogP contribution >= 0.6 is 0 Å². The summed E-state index contributed by atoms with van der Waals surface area (Å²) in [5, 5.41) is 14.0. The summed E-state index contributed by atoms with van der Waals surface area (Å²) >= 11 is 0. The van der Waals surface area contributed by atoms with Gasteiger partial charge in [-0.25, -0.2) is 4.98 Å². The van der Waals surface area contributed by atoms with Crippen molar-refractivity contribution >= 4 is 32.6 Å². The average molecular weight is 306 g/mol. The molecule has 23 heavy (non-hydrogen) atoms. The minimum atomic E-state index is 0.0000790. The molecular weight excluding hydrogens is 288 g/mol. The molecule has 0 aliphatic rings. The van der Waals surface area contributed by atoms with E-state index in [1.54, 1.807) is 7.11 Å². The molecule has 0 saturated heterocycles. The van der Waals surface area contributed by atoms with E-state index in [1.807, 2.05) is 24.4 Å². The van der Waals surface area contributed by atoms with Gasteiger partial charge in [0, 0.05) is 28.0 Å². The third-order valence-electron chi connectivity index (χ3n) is 4.66. The van der Waals surface area contributed by atoms with Gasteiger partial charge in [-0.05, 0) is 54.6 Å². The highest BCUT2D eigenvalue weighted by Crippen LogP contribution is 2.37. The molecule has 4 aromatic rings. The van der Waals surface area contributed by atoms with Gasteiger partial charge in [-0.15, -0.1) is 0 Å². The number of rotatable bonds is 2. The number of aromatic amines is 1. The molecule has 0 aliphatic carbocycles. The van der Waals surface area contributed by atoms with Crippen molar-refractivity contribution in [1.82, 2.24) is 9.97 Å². The van der Waals surface area contributed by atoms with E-state index in [0.717, 1.165) is 44.2 Å². The Hall–Kier alpha value is -2.59. The Labute approximate surface area is 133 Å². The molecule has 2 N–H and O–H groups in total. The van der Waals surface area contributed by atoms with Gasteiger partial charge in [0.25, 0.3) is 0 Å². The zero-order chi connectivity index (χ0) is 16.1. The fraction of sp³-hybridized carbons (Fsp3) is 0.211. The van der Waals surface area contributed by atoms with E-state index in [0.29, 0.717) is 0 Å². The molecule has 116 valence electrons. The number of fused-ring (bicyclic) bond motifs is 4. The van der Waals surface area contributed by atoms with Crippen LogP contribution in [-0.4, -0.2) is 22.2 Å². The number of nitrogens with one attached hydrogen (secondary N) is 1. The Morgan fingerprint density at radius 3 is 2.65 bits per heavy atom. The summed E-state index contributed by atoms with van der Waals surface area (Å²) in [7, 11) is 1.68. The number of aliphatic hydroxyl groups is 1. The molecule has 0 bridgehead atoms. The minimum Gasteiger partial charge on any atom is -0.497 e. The molecular formula is C19H18N2O2. The van der Waals surface area contributed by atoms with E-state index < -0.39 is 0 Å². The molecule has 4 heteroatoms. The highest BCUT2D eigenvalue weighted by atomic mass is 16.5. The van der Waals surface area contributed by atoms with E-state index in [9.17, 15) is 5.11 Å². The first-order valence-corrected chi connectivity index (χ1v) is 7.62. The van der Waals surface area contributed by atoms with Crippen molar-refractivity contribution in [3.05, 3.63) is 47.3 Å². The normalized spacial score (nSPS) is 11.7. The number of aryl methyl sites for hydroxylation is 2. The zero-order valence-electron chi connectivity index (χ0n) is 13.4. The van der Waals surface area contributed by atoms with Crippen LogP contribution in [0.4, 0.5) is 0 Å². The molecule has 0 radical (unpaired) electrons. The molecule has 0 unspecified atom stereocenters. The topological polar surface area (TPSA) is 58.1 Å². The predicted molar refractivity (Wildman–Crippen MR) is 93.1 cm³/mol. The molecule has 0 fully saturated rings. The van der Waals surface area contributed by atoms with E-state index in [4.69, 9.17) is 9.72 Å². The zero-order valence-corrected chi connectivity index (χ0v) is 13.4. The Bertz CT molecular complexity index is 1060. The highest BCUT2D eigenvalue weighted by molar-refractivity contribution is 6.16. The summed E-state index contributed by atoms with van der Waals surface area (Å²) in [6, 6.07) is 8.00. The molecule has 0 amide bonds. The summed E-state index contributed by atoms with van der Waals surface area (Å²) in [5.41, 5.74) is 5.13. The van der Waals surface area contributed by atoms with Gasteiger partial charge < -0.3 is 14.8 Å². The van der Waals surface area contributed by atoms with E-state index in [2.05, 4.69) is 24.9 Å². The van der Waals surface area contributed by atoms with Crippen LogP contribution in [0.3, 0.4) is 0 Å². The van der Waals surface area contributed by atoms with Crippen molar-refractivity contribution in [1.29, 1.82) is 0 Å². The number of benzene rings is 2. The summed E-state index contributed by atoms with van der Waals surface area (Å²) in [6.07, 6.45) is 1.97. The quantitative estimate of drug-likeness (QED) is 0.589. The molecule has 4 rings (SSSR count). The van der Waals surface area contributed by atoms with Crippen LogP contribution in [0.5, 0.6) is 5.75 Å². The summed E-state index contributed by atoms with van der Waals surface area (Å²) in [4.78, 5) is 7.99. The molecule has 0 saturated carbocycles. The Kier molecular flexibility index (Phi) is 3.03. The summed E-state index contributed by atoms with van der Waals surface area (Å²) < 4.78 is 5.37. The molecule has 2 heterocycles. The smallest absolute Gasteiger partial charge is 0.119 e. The molecule has 2 aromatic carbocycles. The largest absolute Gasteiger partial charge is 0.497 e. The van der Waals surface area contributed by atoms with Gasteiger partial charge in [0.15, 0.2) is 0 Å². The number of hydrogen-bond acceptors (Lipinski definition) is 3. The minimum absolute atomic E-state index is 0.0000790. The Morgan fingerprint density at radius 1 is 1.09 bits per heavy atom. The van der Waals surface area contributed by atoms with Crippen molar-refractivity contribution in [3.8, 4) is 5.75 Å². The van der Waals surface area contributed by atoms with Gasteiger partial charge in [0.2, 0.25) is 0 Å². The van der Waals surface area contributed by atoms with Crippen molar-refractivity contribution < 1.29 is 9.84 Å². The predicted octanol–water partition coefficient (Wildman–Crippen LogP) is 3.99. The fourth-order valence-corrected chi connectivity index (χ4v) is 3.41. The van der Waals surface area contributed by atoms with E-state index >= 15 is 0 Å². The number of ether oxygens (including phenoxy) is 1. The maximum Gasteiger partial charge on any atom is 0.119 e. The summed E-state index contributed by atoms with van der Waals surface area (Å²) in [6.45, 7) is 4.21. The molecule has 4 nitrogen and oxygen atoms in total. The van der Waals surface area contributed by atoms with E-state index in [-0.39, 0.29) is 6.61 Å². The van der Waals surface area contributed by atoms with Crippen LogP contribution in [0.1, 0.15) is 16.8 Å². The van der Waals surface area contributed by atoms with Gasteiger partial charge in [-0.1, -0.05) is 0 Å². The number of aliphatic hydroxyl groups excluding tert-OH is 1. The van der Waals surface area contributed by atoms with Gasteiger partial charge in [0.05, 0.1) is 24.8 Å². The van der Waals surface area contributed by atoms with Crippen molar-refractivity contribution in [2.24, 2.45) is 0 Å². The van der Waals surface area contributed by atoms with Crippen LogP contribution in [0.15, 0.2) is 30.5 Å². The third kappa shape index (κ3) is 1.92. The second kappa shape index (κ2) is 4.96. The van der Waals surface area contributed by atoms with Crippen LogP contribution in [0.2, 0.25) is 0 Å². The lowest BCUT2D eigenvalue weighted by Crippen LogP contribution is -1.93. The Morgan fingerprint density at radius 2 is 1.91 bits per heavy atom. The van der Waals surface area contributed by atoms with Crippen molar-refractivity contribution in [3.63, 3.8) is 0 Å². The fourth-order valence-electron chi connectivity index (χ4n) is 3.41. The number of methoxy groups -OCH3 is 1. The standard InChI is InChI=1S/C19H18N2O2/c1-10-16-8-20-12(9-22)6-14(16)11(2)19-18(10)15-7-13(23-3)4-5-17(15)21-19/h4-8,20,22H,9H2,1-3H3. The highest BCUT2D eigenvalue weighted by Gasteiger charge is 2.15. The van der Waals surface area contributed by atoms with Crippen LogP contribution < -0.4 is 4.74 Å². The first-order chi connectivity index (χ1) is 11.1. The second-order valence-corrected chi connectivity index (χ2v) is 5.91. The number of nitrogens with zero attached hydrogens (tertiary/aromatic N) is 1. The second-order valence-electron chi connectivity index (χ2n) is 5.91. The summed E-state index contributed by atoms with van der Waals surface area (Å²) in [5.74, 6) is 0.839. The van der Waals surface area contributed by atoms with Crippen LogP contribution in [0, 0.1) is 13.8 Å². The lowest BCUT2D eigenvalue weighted by molar-refractivity contribution is 0.277. The van der Waals surface area contributed by atoms with Crippen molar-refractivity contribution in [2.45, 2.75) is 20.5 Å². The van der Waals surface area contributed by atoms with Crippen LogP contribution in [0.25, 0.3) is 32.6 Å². The Balaban J connectivity index is 2.21. The first-order valence-electron chi connectivity index (χ1n) is 7.62. The van der Waals surface area contributed by atoms with Gasteiger partial charge in [0.1, 0.15) is 5.75 Å². The monoisotopic (exact) mass is 306 g/mol. The number of aromatic nitrogens is 2. The SMILES string of the molecule is COc1ccc2nc3c(C)c4cc(CO)[nH]cc4c(C)c3c2c1. The number of pyridine rings is 1. The van der Waals surface area contributed by atoms with Crippen LogP contribution in [-0.2, 0) is 6.61 Å². The molecule has 2 aromatic heterocycles. The third-order valence-corrected chi connectivity index (χ3v) is 4.66. The maximum atomic E-state index is 9.38. The average Bonchev–Trinajstić information content (AvgIpc) is 2.98. The van der Waals surface area contributed by atoms with Gasteiger partial charge >= 0.3 is 0 Å². The molecule has 0 atom stereocenters. The number of hydrogen-bond donors (Lipinski definition) is 2. The maximum absolute atomic E-state index is 9.38. The lowest BCUT2D eigenvalue weighted by atomic mass is 9.96. The first kappa shape index (κ1) is 14.0. The van der Waals surface area contributed by atoms with E-state index in [1.165, 1.54) is 10.9 Å². The molecule has 0 spiro atoms. The van der Waals surface area contributed by atoms with Gasteiger partial charge in [-0.3, -0.25) is 0 Å².